The standard InChI is InChI=1S/C11H14F2N2O3S/c12-8-6-9(13)11(15(17)18)10(7-8)14-2-5-19-4-1-3-16/h6-7,14,16H,1-5H2. The summed E-state index contributed by atoms with van der Waals surface area (Å²) in [6, 6.07) is 1.39. The van der Waals surface area contributed by atoms with Crippen LogP contribution < -0.4 is 5.32 Å². The molecule has 0 spiro atoms. The smallest absolute Gasteiger partial charge is 0.327 e. The van der Waals surface area contributed by atoms with Gasteiger partial charge in [-0.25, -0.2) is 4.39 Å². The molecule has 0 aliphatic heterocycles. The third kappa shape index (κ3) is 4.99. The number of hydrogen-bond donors (Lipinski definition) is 2. The van der Waals surface area contributed by atoms with Crippen LogP contribution in [0, 0.1) is 21.7 Å². The third-order valence-electron chi connectivity index (χ3n) is 2.22. The van der Waals surface area contributed by atoms with E-state index < -0.39 is 22.2 Å². The molecule has 0 aromatic heterocycles. The Hall–Kier alpha value is -1.41. The van der Waals surface area contributed by atoms with Crippen molar-refractivity contribution in [1.29, 1.82) is 0 Å². The molecule has 0 aliphatic carbocycles. The first-order valence-electron chi connectivity index (χ1n) is 5.62. The van der Waals surface area contributed by atoms with Crippen molar-refractivity contribution < 1.29 is 18.8 Å². The lowest BCUT2D eigenvalue weighted by atomic mass is 10.2. The van der Waals surface area contributed by atoms with E-state index in [1.807, 2.05) is 0 Å². The Kier molecular flexibility index (Phi) is 6.51. The number of rotatable bonds is 8. The molecule has 5 nitrogen and oxygen atoms in total. The van der Waals surface area contributed by atoms with Gasteiger partial charge in [0.25, 0.3) is 0 Å². The summed E-state index contributed by atoms with van der Waals surface area (Å²) in [6.45, 7) is 0.459. The molecule has 2 N–H and O–H groups in total. The van der Waals surface area contributed by atoms with Crippen molar-refractivity contribution >= 4 is 23.1 Å². The zero-order valence-corrected chi connectivity index (χ0v) is 10.9. The lowest BCUT2D eigenvalue weighted by Gasteiger charge is -2.07. The normalized spacial score (nSPS) is 10.5. The van der Waals surface area contributed by atoms with E-state index in [0.29, 0.717) is 24.8 Å². The number of nitrogens with zero attached hydrogens (tertiary/aromatic N) is 1. The highest BCUT2D eigenvalue weighted by Gasteiger charge is 2.21. The zero-order valence-electron chi connectivity index (χ0n) is 10.1. The quantitative estimate of drug-likeness (QED) is 0.437. The summed E-state index contributed by atoms with van der Waals surface area (Å²) >= 11 is 1.54. The Morgan fingerprint density at radius 2 is 2.11 bits per heavy atom. The first kappa shape index (κ1) is 15.6. The SMILES string of the molecule is O=[N+]([O-])c1c(F)cc(F)cc1NCCSCCCO. The van der Waals surface area contributed by atoms with E-state index in [4.69, 9.17) is 5.11 Å². The highest BCUT2D eigenvalue weighted by molar-refractivity contribution is 7.99. The first-order valence-corrected chi connectivity index (χ1v) is 6.77. The van der Waals surface area contributed by atoms with Gasteiger partial charge in [0.15, 0.2) is 0 Å². The second-order valence-corrected chi connectivity index (χ2v) is 4.88. The van der Waals surface area contributed by atoms with Gasteiger partial charge in [0, 0.05) is 31.0 Å². The Morgan fingerprint density at radius 1 is 1.37 bits per heavy atom. The van der Waals surface area contributed by atoms with E-state index in [1.54, 1.807) is 0 Å². The number of nitro benzene ring substituents is 1. The first-order chi connectivity index (χ1) is 9.06. The van der Waals surface area contributed by atoms with Crippen molar-refractivity contribution in [3.63, 3.8) is 0 Å². The van der Waals surface area contributed by atoms with Gasteiger partial charge in [0.05, 0.1) is 4.92 Å². The number of thioether (sulfide) groups is 1. The van der Waals surface area contributed by atoms with E-state index in [2.05, 4.69) is 5.32 Å². The number of aliphatic hydroxyl groups excluding tert-OH is 1. The molecule has 0 fully saturated rings. The summed E-state index contributed by atoms with van der Waals surface area (Å²) in [7, 11) is 0. The average molecular weight is 292 g/mol. The largest absolute Gasteiger partial charge is 0.396 e. The van der Waals surface area contributed by atoms with Crippen LogP contribution in [0.4, 0.5) is 20.2 Å². The summed E-state index contributed by atoms with van der Waals surface area (Å²) in [5.41, 5.74) is -0.910. The molecule has 1 rings (SSSR count). The predicted octanol–water partition coefficient (Wildman–Crippen LogP) is 2.40. The molecule has 1 aromatic carbocycles. The van der Waals surface area contributed by atoms with Crippen LogP contribution in [0.5, 0.6) is 0 Å². The fourth-order valence-electron chi connectivity index (χ4n) is 1.41. The van der Waals surface area contributed by atoms with Gasteiger partial charge in [0.2, 0.25) is 5.82 Å². The average Bonchev–Trinajstić information content (AvgIpc) is 2.32. The molecular weight excluding hydrogens is 278 g/mol. The maximum absolute atomic E-state index is 13.3. The van der Waals surface area contributed by atoms with E-state index in [0.717, 1.165) is 11.8 Å². The van der Waals surface area contributed by atoms with Gasteiger partial charge in [-0.1, -0.05) is 0 Å². The number of anilines is 1. The molecule has 0 saturated carbocycles. The Labute approximate surface area is 113 Å². The van der Waals surface area contributed by atoms with Gasteiger partial charge >= 0.3 is 5.69 Å². The number of nitrogens with one attached hydrogen (secondary N) is 1. The summed E-state index contributed by atoms with van der Waals surface area (Å²) in [5.74, 6) is -0.674. The van der Waals surface area contributed by atoms with E-state index in [9.17, 15) is 18.9 Å². The van der Waals surface area contributed by atoms with Crippen LogP contribution in [-0.2, 0) is 0 Å². The summed E-state index contributed by atoms with van der Waals surface area (Å²) in [5, 5.41) is 21.9. The highest BCUT2D eigenvalue weighted by Crippen LogP contribution is 2.28. The second-order valence-electron chi connectivity index (χ2n) is 3.66. The van der Waals surface area contributed by atoms with Gasteiger partial charge in [-0.05, 0) is 12.2 Å². The molecular formula is C11H14F2N2O3S. The van der Waals surface area contributed by atoms with Crippen LogP contribution in [0.15, 0.2) is 12.1 Å². The summed E-state index contributed by atoms with van der Waals surface area (Å²) < 4.78 is 26.3. The van der Waals surface area contributed by atoms with Gasteiger partial charge in [-0.3, -0.25) is 10.1 Å². The number of hydrogen-bond acceptors (Lipinski definition) is 5. The van der Waals surface area contributed by atoms with Gasteiger partial charge in [-0.15, -0.1) is 0 Å². The minimum Gasteiger partial charge on any atom is -0.396 e. The summed E-state index contributed by atoms with van der Waals surface area (Å²) in [4.78, 5) is 9.82. The minimum absolute atomic E-state index is 0.112. The fourth-order valence-corrected chi connectivity index (χ4v) is 2.20. The highest BCUT2D eigenvalue weighted by atomic mass is 32.2. The van der Waals surface area contributed by atoms with Crippen molar-refractivity contribution in [1.82, 2.24) is 0 Å². The van der Waals surface area contributed by atoms with Crippen molar-refractivity contribution in [3.8, 4) is 0 Å². The van der Waals surface area contributed by atoms with Crippen molar-refractivity contribution in [2.45, 2.75) is 6.42 Å². The molecule has 0 heterocycles. The van der Waals surface area contributed by atoms with E-state index in [-0.39, 0.29) is 12.3 Å². The van der Waals surface area contributed by atoms with Crippen LogP contribution in [0.1, 0.15) is 6.42 Å². The molecule has 106 valence electrons. The van der Waals surface area contributed by atoms with Crippen LogP contribution in [0.2, 0.25) is 0 Å². The van der Waals surface area contributed by atoms with Crippen LogP contribution in [0.3, 0.4) is 0 Å². The van der Waals surface area contributed by atoms with E-state index in [1.165, 1.54) is 11.8 Å². The molecule has 0 atom stereocenters. The Balaban J connectivity index is 2.59. The monoisotopic (exact) mass is 292 g/mol. The molecule has 0 aliphatic rings. The molecule has 0 radical (unpaired) electrons. The van der Waals surface area contributed by atoms with Crippen molar-refractivity contribution in [2.24, 2.45) is 0 Å². The Morgan fingerprint density at radius 3 is 2.74 bits per heavy atom. The molecule has 1 aromatic rings. The third-order valence-corrected chi connectivity index (χ3v) is 3.29. The molecule has 0 amide bonds. The van der Waals surface area contributed by atoms with Crippen LogP contribution >= 0.6 is 11.8 Å². The predicted molar refractivity (Wildman–Crippen MR) is 70.5 cm³/mol. The number of nitro groups is 1. The molecule has 0 bridgehead atoms. The van der Waals surface area contributed by atoms with Crippen molar-refractivity contribution in [2.75, 3.05) is 30.0 Å². The van der Waals surface area contributed by atoms with Gasteiger partial charge in [0.1, 0.15) is 11.5 Å². The van der Waals surface area contributed by atoms with Gasteiger partial charge < -0.3 is 10.4 Å². The second kappa shape index (κ2) is 7.90. The van der Waals surface area contributed by atoms with Crippen molar-refractivity contribution in [3.05, 3.63) is 33.9 Å². The topological polar surface area (TPSA) is 75.4 Å². The molecule has 8 heteroatoms. The molecule has 0 unspecified atom stereocenters. The number of aliphatic hydroxyl groups is 1. The van der Waals surface area contributed by atoms with Crippen LogP contribution in [0.25, 0.3) is 0 Å². The Bertz CT molecular complexity index is 446. The van der Waals surface area contributed by atoms with E-state index >= 15 is 0 Å². The van der Waals surface area contributed by atoms with Gasteiger partial charge in [-0.2, -0.15) is 16.2 Å². The van der Waals surface area contributed by atoms with Crippen LogP contribution in [-0.4, -0.2) is 34.7 Å². The lowest BCUT2D eigenvalue weighted by molar-refractivity contribution is -0.386. The maximum atomic E-state index is 13.3. The maximum Gasteiger partial charge on any atom is 0.327 e. The molecule has 0 saturated heterocycles. The fraction of sp³-hybridized carbons (Fsp3) is 0.455. The number of halogens is 2. The number of benzene rings is 1. The minimum atomic E-state index is -1.19. The lowest BCUT2D eigenvalue weighted by Crippen LogP contribution is -2.08. The zero-order chi connectivity index (χ0) is 14.3. The summed E-state index contributed by atoms with van der Waals surface area (Å²) in [6.07, 6.45) is 0.666. The molecule has 19 heavy (non-hydrogen) atoms.